The zero-order chi connectivity index (χ0) is 14.8. The van der Waals surface area contributed by atoms with E-state index in [1.165, 1.54) is 18.3 Å². The van der Waals surface area contributed by atoms with Crippen molar-refractivity contribution in [3.63, 3.8) is 0 Å². The first-order valence-corrected chi connectivity index (χ1v) is 7.91. The standard InChI is InChI=1S/C12H13BrN4O2S/c1-8-6-9(13)2-3-11(8)17-20(18,19)10-4-5-15-12(7-10)16-14/h2-7,17H,14H2,1H3,(H,15,16). The fourth-order valence-electron chi connectivity index (χ4n) is 1.60. The molecule has 0 aliphatic rings. The summed E-state index contributed by atoms with van der Waals surface area (Å²) >= 11 is 3.33. The molecule has 0 spiro atoms. The number of hydrazine groups is 1. The van der Waals surface area contributed by atoms with Gasteiger partial charge in [0.15, 0.2) is 0 Å². The Morgan fingerprint density at radius 3 is 2.65 bits per heavy atom. The maximum Gasteiger partial charge on any atom is 0.262 e. The molecule has 1 aromatic carbocycles. The Kier molecular flexibility index (Phi) is 4.26. The van der Waals surface area contributed by atoms with Crippen molar-refractivity contribution in [1.29, 1.82) is 0 Å². The van der Waals surface area contributed by atoms with Gasteiger partial charge in [0.1, 0.15) is 5.82 Å². The van der Waals surface area contributed by atoms with Crippen molar-refractivity contribution < 1.29 is 8.42 Å². The fraction of sp³-hybridized carbons (Fsp3) is 0.0833. The summed E-state index contributed by atoms with van der Waals surface area (Å²) in [7, 11) is -3.68. The van der Waals surface area contributed by atoms with Crippen LogP contribution in [0.15, 0.2) is 45.9 Å². The molecule has 2 rings (SSSR count). The Morgan fingerprint density at radius 2 is 2.00 bits per heavy atom. The molecule has 2 aromatic rings. The van der Waals surface area contributed by atoms with Gasteiger partial charge >= 0.3 is 0 Å². The van der Waals surface area contributed by atoms with Crippen LogP contribution in [0.5, 0.6) is 0 Å². The first-order chi connectivity index (χ1) is 9.42. The number of nitrogens with zero attached hydrogens (tertiary/aromatic N) is 1. The third-order valence-electron chi connectivity index (χ3n) is 2.62. The number of aryl methyl sites for hydroxylation is 1. The van der Waals surface area contributed by atoms with Crippen LogP contribution in [0, 0.1) is 6.92 Å². The Hall–Kier alpha value is -1.64. The van der Waals surface area contributed by atoms with Crippen molar-refractivity contribution >= 4 is 37.5 Å². The van der Waals surface area contributed by atoms with Crippen LogP contribution in [0.3, 0.4) is 0 Å². The molecule has 0 atom stereocenters. The van der Waals surface area contributed by atoms with Gasteiger partial charge in [-0.1, -0.05) is 15.9 Å². The summed E-state index contributed by atoms with van der Waals surface area (Å²) in [4.78, 5) is 3.96. The van der Waals surface area contributed by atoms with E-state index in [-0.39, 0.29) is 10.7 Å². The monoisotopic (exact) mass is 356 g/mol. The molecule has 0 aliphatic heterocycles. The summed E-state index contributed by atoms with van der Waals surface area (Å²) in [5.41, 5.74) is 3.65. The highest BCUT2D eigenvalue weighted by Crippen LogP contribution is 2.23. The number of nitrogen functional groups attached to an aromatic ring is 1. The first-order valence-electron chi connectivity index (χ1n) is 5.64. The maximum atomic E-state index is 12.3. The topological polar surface area (TPSA) is 97.1 Å². The van der Waals surface area contributed by atoms with Crippen LogP contribution >= 0.6 is 15.9 Å². The average molecular weight is 357 g/mol. The SMILES string of the molecule is Cc1cc(Br)ccc1NS(=O)(=O)c1ccnc(NN)c1. The van der Waals surface area contributed by atoms with Crippen LogP contribution in [0.25, 0.3) is 0 Å². The largest absolute Gasteiger partial charge is 0.308 e. The minimum absolute atomic E-state index is 0.0859. The minimum Gasteiger partial charge on any atom is -0.308 e. The molecule has 1 heterocycles. The molecule has 0 saturated heterocycles. The summed E-state index contributed by atoms with van der Waals surface area (Å²) in [5.74, 6) is 5.50. The molecule has 0 aliphatic carbocycles. The number of rotatable bonds is 4. The molecule has 8 heteroatoms. The molecular formula is C12H13BrN4O2S. The maximum absolute atomic E-state index is 12.3. The number of benzene rings is 1. The van der Waals surface area contributed by atoms with E-state index < -0.39 is 10.0 Å². The van der Waals surface area contributed by atoms with Gasteiger partial charge in [0.05, 0.1) is 10.6 Å². The molecule has 0 saturated carbocycles. The summed E-state index contributed by atoms with van der Waals surface area (Å²) in [6.07, 6.45) is 1.37. The Morgan fingerprint density at radius 1 is 1.25 bits per heavy atom. The first kappa shape index (κ1) is 14.8. The summed E-state index contributed by atoms with van der Waals surface area (Å²) in [5, 5.41) is 0. The number of hydrogen-bond acceptors (Lipinski definition) is 5. The second-order valence-corrected chi connectivity index (χ2v) is 6.68. The predicted molar refractivity (Wildman–Crippen MR) is 81.7 cm³/mol. The molecule has 0 bridgehead atoms. The van der Waals surface area contributed by atoms with Crippen molar-refractivity contribution in [3.8, 4) is 0 Å². The van der Waals surface area contributed by atoms with E-state index in [4.69, 9.17) is 5.84 Å². The molecular weight excluding hydrogens is 344 g/mol. The number of nitrogens with one attached hydrogen (secondary N) is 2. The quantitative estimate of drug-likeness (QED) is 0.576. The molecule has 0 radical (unpaired) electrons. The molecule has 4 N–H and O–H groups in total. The van der Waals surface area contributed by atoms with Gasteiger partial charge in [0.2, 0.25) is 0 Å². The second-order valence-electron chi connectivity index (χ2n) is 4.09. The third kappa shape index (κ3) is 3.27. The van der Waals surface area contributed by atoms with Crippen molar-refractivity contribution in [2.75, 3.05) is 10.1 Å². The zero-order valence-electron chi connectivity index (χ0n) is 10.6. The number of hydrogen-bond donors (Lipinski definition) is 3. The summed E-state index contributed by atoms with van der Waals surface area (Å²) < 4.78 is 28.0. The van der Waals surface area contributed by atoms with Crippen LogP contribution in [-0.2, 0) is 10.0 Å². The van der Waals surface area contributed by atoms with Gasteiger partial charge in [0, 0.05) is 16.7 Å². The molecule has 6 nitrogen and oxygen atoms in total. The van der Waals surface area contributed by atoms with Crippen LogP contribution in [0.4, 0.5) is 11.5 Å². The normalized spacial score (nSPS) is 11.2. The number of anilines is 2. The lowest BCUT2D eigenvalue weighted by Crippen LogP contribution is -2.15. The highest BCUT2D eigenvalue weighted by molar-refractivity contribution is 9.10. The molecule has 106 valence electrons. The number of nitrogens with two attached hydrogens (primary N) is 1. The number of sulfonamides is 1. The predicted octanol–water partition coefficient (Wildman–Crippen LogP) is 2.24. The molecule has 0 amide bonds. The van der Waals surface area contributed by atoms with Crippen molar-refractivity contribution in [1.82, 2.24) is 4.98 Å². The average Bonchev–Trinajstić information content (AvgIpc) is 2.42. The zero-order valence-corrected chi connectivity index (χ0v) is 13.0. The van der Waals surface area contributed by atoms with Crippen LogP contribution in [0.2, 0.25) is 0 Å². The summed E-state index contributed by atoms with van der Waals surface area (Å²) in [6.45, 7) is 1.82. The highest BCUT2D eigenvalue weighted by atomic mass is 79.9. The lowest BCUT2D eigenvalue weighted by Gasteiger charge is -2.11. The third-order valence-corrected chi connectivity index (χ3v) is 4.48. The van der Waals surface area contributed by atoms with Crippen LogP contribution in [-0.4, -0.2) is 13.4 Å². The smallest absolute Gasteiger partial charge is 0.262 e. The van der Waals surface area contributed by atoms with Gasteiger partial charge in [0.25, 0.3) is 10.0 Å². The number of halogens is 1. The van der Waals surface area contributed by atoms with E-state index >= 15 is 0 Å². The van der Waals surface area contributed by atoms with Crippen LogP contribution in [0.1, 0.15) is 5.56 Å². The molecule has 0 fully saturated rings. The van der Waals surface area contributed by atoms with Gasteiger partial charge in [-0.3, -0.25) is 4.72 Å². The number of pyridine rings is 1. The van der Waals surface area contributed by atoms with E-state index in [1.54, 1.807) is 12.1 Å². The lowest BCUT2D eigenvalue weighted by atomic mass is 10.2. The van der Waals surface area contributed by atoms with Crippen molar-refractivity contribution in [2.24, 2.45) is 5.84 Å². The van der Waals surface area contributed by atoms with Crippen molar-refractivity contribution in [3.05, 3.63) is 46.6 Å². The fourth-order valence-corrected chi connectivity index (χ4v) is 3.22. The molecule has 1 aromatic heterocycles. The Bertz CT molecular complexity index is 734. The van der Waals surface area contributed by atoms with E-state index in [1.807, 2.05) is 13.0 Å². The van der Waals surface area contributed by atoms with E-state index in [0.717, 1.165) is 10.0 Å². The van der Waals surface area contributed by atoms with Crippen molar-refractivity contribution in [2.45, 2.75) is 11.8 Å². The van der Waals surface area contributed by atoms with Crippen LogP contribution < -0.4 is 16.0 Å². The Balaban J connectivity index is 2.35. The van der Waals surface area contributed by atoms with Gasteiger partial charge in [-0.25, -0.2) is 19.2 Å². The molecule has 0 unspecified atom stereocenters. The second kappa shape index (κ2) is 5.78. The Labute approximate surface area is 125 Å². The van der Waals surface area contributed by atoms with E-state index in [9.17, 15) is 8.42 Å². The van der Waals surface area contributed by atoms with E-state index in [0.29, 0.717) is 5.69 Å². The number of aromatic nitrogens is 1. The molecule has 20 heavy (non-hydrogen) atoms. The van der Waals surface area contributed by atoms with Gasteiger partial charge in [-0.15, -0.1) is 0 Å². The van der Waals surface area contributed by atoms with Gasteiger partial charge in [-0.05, 0) is 36.8 Å². The van der Waals surface area contributed by atoms with Gasteiger partial charge in [-0.2, -0.15) is 0 Å². The van der Waals surface area contributed by atoms with Gasteiger partial charge < -0.3 is 5.43 Å². The van der Waals surface area contributed by atoms with E-state index in [2.05, 4.69) is 31.1 Å². The minimum atomic E-state index is -3.68. The lowest BCUT2D eigenvalue weighted by molar-refractivity contribution is 0.601. The highest BCUT2D eigenvalue weighted by Gasteiger charge is 2.16. The summed E-state index contributed by atoms with van der Waals surface area (Å²) in [6, 6.07) is 8.05.